The molecular weight excluding hydrogens is 226 g/mol. The van der Waals surface area contributed by atoms with Crippen molar-refractivity contribution in [2.75, 3.05) is 6.61 Å². The Morgan fingerprint density at radius 2 is 2.00 bits per heavy atom. The van der Waals surface area contributed by atoms with Crippen LogP contribution in [0.15, 0.2) is 30.3 Å². The van der Waals surface area contributed by atoms with Crippen LogP contribution in [0, 0.1) is 0 Å². The lowest BCUT2D eigenvalue weighted by Gasteiger charge is -2.14. The topological polar surface area (TPSA) is 29.3 Å². The van der Waals surface area contributed by atoms with Gasteiger partial charge in [0.1, 0.15) is 6.04 Å². The second-order valence-electron chi connectivity index (χ2n) is 4.71. The summed E-state index contributed by atoms with van der Waals surface area (Å²) in [6.45, 7) is 6.58. The fraction of sp³-hybridized carbons (Fsp3) is 0.533. The Morgan fingerprint density at radius 3 is 2.56 bits per heavy atom. The first-order valence-electron chi connectivity index (χ1n) is 6.69. The lowest BCUT2D eigenvalue weighted by atomic mass is 10.1. The first-order chi connectivity index (χ1) is 8.70. The van der Waals surface area contributed by atoms with Crippen molar-refractivity contribution in [3.8, 4) is 0 Å². The maximum absolute atomic E-state index is 11.9. The van der Waals surface area contributed by atoms with Crippen LogP contribution in [0.25, 0.3) is 0 Å². The van der Waals surface area contributed by atoms with Crippen molar-refractivity contribution < 1.29 is 9.53 Å². The van der Waals surface area contributed by atoms with Crippen LogP contribution in [-0.2, 0) is 9.53 Å². The summed E-state index contributed by atoms with van der Waals surface area (Å²) in [5, 5.41) is 0. The highest BCUT2D eigenvalue weighted by molar-refractivity contribution is 5.80. The normalized spacial score (nSPS) is 27.6. The molecule has 3 nitrogen and oxygen atoms in total. The number of hydrogen-bond acceptors (Lipinski definition) is 3. The van der Waals surface area contributed by atoms with E-state index in [0.717, 1.165) is 6.42 Å². The molecule has 2 rings (SSSR count). The summed E-state index contributed by atoms with van der Waals surface area (Å²) < 4.78 is 5.13. The molecule has 3 heteroatoms. The predicted molar refractivity (Wildman–Crippen MR) is 71.2 cm³/mol. The van der Waals surface area contributed by atoms with Crippen molar-refractivity contribution in [3.63, 3.8) is 0 Å². The van der Waals surface area contributed by atoms with E-state index in [4.69, 9.17) is 4.74 Å². The molecule has 1 aliphatic rings. The van der Waals surface area contributed by atoms with Crippen molar-refractivity contribution in [1.82, 2.24) is 4.90 Å². The molecule has 0 N–H and O–H groups in total. The summed E-state index contributed by atoms with van der Waals surface area (Å²) in [6, 6.07) is 10.9. The van der Waals surface area contributed by atoms with Gasteiger partial charge in [0, 0.05) is 12.1 Å². The molecule has 1 aromatic rings. The highest BCUT2D eigenvalue weighted by Crippen LogP contribution is 2.40. The van der Waals surface area contributed by atoms with Crippen LogP contribution in [-0.4, -0.2) is 29.6 Å². The molecule has 0 amide bonds. The van der Waals surface area contributed by atoms with Crippen LogP contribution in [0.5, 0.6) is 0 Å². The SMILES string of the molecule is CCOC(=O)[C@H]1[C@@H](CC)N1[C@@H](C)c1ccccc1. The largest absolute Gasteiger partial charge is 0.465 e. The third-order valence-electron chi connectivity index (χ3n) is 3.65. The van der Waals surface area contributed by atoms with Crippen LogP contribution in [0.3, 0.4) is 0 Å². The third kappa shape index (κ3) is 2.41. The molecule has 1 fully saturated rings. The van der Waals surface area contributed by atoms with Gasteiger partial charge in [0.25, 0.3) is 0 Å². The van der Waals surface area contributed by atoms with E-state index >= 15 is 0 Å². The maximum Gasteiger partial charge on any atom is 0.325 e. The van der Waals surface area contributed by atoms with Gasteiger partial charge in [0.05, 0.1) is 6.61 Å². The van der Waals surface area contributed by atoms with E-state index in [1.165, 1.54) is 5.56 Å². The molecule has 4 atom stereocenters. The van der Waals surface area contributed by atoms with E-state index in [2.05, 4.69) is 30.9 Å². The van der Waals surface area contributed by atoms with Gasteiger partial charge < -0.3 is 4.74 Å². The van der Waals surface area contributed by atoms with Gasteiger partial charge in [-0.15, -0.1) is 0 Å². The van der Waals surface area contributed by atoms with Gasteiger partial charge in [-0.05, 0) is 25.8 Å². The van der Waals surface area contributed by atoms with Crippen LogP contribution in [0.1, 0.15) is 38.8 Å². The zero-order valence-corrected chi connectivity index (χ0v) is 11.3. The number of rotatable bonds is 5. The molecule has 98 valence electrons. The van der Waals surface area contributed by atoms with Gasteiger partial charge in [0.15, 0.2) is 0 Å². The Hall–Kier alpha value is -1.35. The molecule has 1 aliphatic heterocycles. The molecule has 18 heavy (non-hydrogen) atoms. The molecule has 1 unspecified atom stereocenters. The summed E-state index contributed by atoms with van der Waals surface area (Å²) >= 11 is 0. The minimum atomic E-state index is -0.0767. The summed E-state index contributed by atoms with van der Waals surface area (Å²) in [5.41, 5.74) is 1.25. The van der Waals surface area contributed by atoms with Gasteiger partial charge >= 0.3 is 5.97 Å². The van der Waals surface area contributed by atoms with Gasteiger partial charge in [-0.3, -0.25) is 9.69 Å². The lowest BCUT2D eigenvalue weighted by Crippen LogP contribution is -2.18. The number of nitrogens with zero attached hydrogens (tertiary/aromatic N) is 1. The Labute approximate surface area is 109 Å². The third-order valence-corrected chi connectivity index (χ3v) is 3.65. The van der Waals surface area contributed by atoms with E-state index in [9.17, 15) is 4.79 Å². The van der Waals surface area contributed by atoms with E-state index in [-0.39, 0.29) is 18.1 Å². The summed E-state index contributed by atoms with van der Waals surface area (Å²) in [7, 11) is 0. The Morgan fingerprint density at radius 1 is 1.33 bits per heavy atom. The Bertz CT molecular complexity index is 404. The molecule has 0 aliphatic carbocycles. The number of carbonyl (C=O) groups is 1. The molecule has 0 saturated carbocycles. The van der Waals surface area contributed by atoms with Crippen molar-refractivity contribution in [2.45, 2.75) is 45.3 Å². The molecule has 0 bridgehead atoms. The Kier molecular flexibility index (Phi) is 4.02. The molecule has 1 saturated heterocycles. The van der Waals surface area contributed by atoms with Crippen molar-refractivity contribution >= 4 is 5.97 Å². The van der Waals surface area contributed by atoms with Crippen LogP contribution in [0.4, 0.5) is 0 Å². The minimum Gasteiger partial charge on any atom is -0.465 e. The highest BCUT2D eigenvalue weighted by Gasteiger charge is 2.54. The molecule has 0 aromatic heterocycles. The first-order valence-corrected chi connectivity index (χ1v) is 6.69. The fourth-order valence-corrected chi connectivity index (χ4v) is 2.67. The van der Waals surface area contributed by atoms with Gasteiger partial charge in [-0.25, -0.2) is 0 Å². The summed E-state index contributed by atoms with van der Waals surface area (Å²) in [6.07, 6.45) is 0.987. The summed E-state index contributed by atoms with van der Waals surface area (Å²) in [5.74, 6) is -0.0767. The van der Waals surface area contributed by atoms with Gasteiger partial charge in [0.2, 0.25) is 0 Å². The average Bonchev–Trinajstić information content (AvgIpc) is 3.13. The van der Waals surface area contributed by atoms with E-state index in [0.29, 0.717) is 12.6 Å². The lowest BCUT2D eigenvalue weighted by molar-refractivity contribution is -0.143. The number of esters is 1. The smallest absolute Gasteiger partial charge is 0.325 e. The first kappa shape index (κ1) is 13.1. The van der Waals surface area contributed by atoms with Crippen molar-refractivity contribution in [2.24, 2.45) is 0 Å². The predicted octanol–water partition coefficient (Wildman–Crippen LogP) is 2.77. The molecule has 1 heterocycles. The van der Waals surface area contributed by atoms with E-state index in [1.807, 2.05) is 25.1 Å². The second kappa shape index (κ2) is 5.53. The number of hydrogen-bond donors (Lipinski definition) is 0. The second-order valence-corrected chi connectivity index (χ2v) is 4.71. The zero-order chi connectivity index (χ0) is 13.1. The number of ether oxygens (including phenoxy) is 1. The zero-order valence-electron chi connectivity index (χ0n) is 11.3. The van der Waals surface area contributed by atoms with Crippen molar-refractivity contribution in [1.29, 1.82) is 0 Å². The van der Waals surface area contributed by atoms with Crippen LogP contribution < -0.4 is 0 Å². The Balaban J connectivity index is 2.07. The van der Waals surface area contributed by atoms with Crippen LogP contribution >= 0.6 is 0 Å². The van der Waals surface area contributed by atoms with Gasteiger partial charge in [-0.1, -0.05) is 37.3 Å². The number of carbonyl (C=O) groups excluding carboxylic acids is 1. The quantitative estimate of drug-likeness (QED) is 0.592. The van der Waals surface area contributed by atoms with Gasteiger partial charge in [-0.2, -0.15) is 0 Å². The highest BCUT2D eigenvalue weighted by atomic mass is 16.5. The van der Waals surface area contributed by atoms with E-state index < -0.39 is 0 Å². The minimum absolute atomic E-state index is 0.0508. The molecular formula is C15H21NO2. The van der Waals surface area contributed by atoms with E-state index in [1.54, 1.807) is 0 Å². The summed E-state index contributed by atoms with van der Waals surface area (Å²) in [4.78, 5) is 14.1. The fourth-order valence-electron chi connectivity index (χ4n) is 2.67. The van der Waals surface area contributed by atoms with Crippen molar-refractivity contribution in [3.05, 3.63) is 35.9 Å². The van der Waals surface area contributed by atoms with Crippen LogP contribution in [0.2, 0.25) is 0 Å². The average molecular weight is 247 g/mol. The molecule has 0 radical (unpaired) electrons. The molecule has 0 spiro atoms. The standard InChI is InChI=1S/C15H21NO2/c1-4-13-14(15(17)18-5-2)16(13)11(3)12-9-7-6-8-10-12/h6-11,13-14H,4-5H2,1-3H3/t11-,13+,14+,16?/m0/s1. The maximum atomic E-state index is 11.9. The molecule has 1 aromatic carbocycles. The monoisotopic (exact) mass is 247 g/mol. The number of benzene rings is 1.